The van der Waals surface area contributed by atoms with Gasteiger partial charge in [-0.1, -0.05) is 12.1 Å². The second-order valence-corrected chi connectivity index (χ2v) is 5.21. The molecule has 0 saturated heterocycles. The van der Waals surface area contributed by atoms with E-state index in [2.05, 4.69) is 5.32 Å². The van der Waals surface area contributed by atoms with Crippen LogP contribution in [0.4, 0.5) is 5.69 Å². The van der Waals surface area contributed by atoms with Gasteiger partial charge in [-0.2, -0.15) is 0 Å². The van der Waals surface area contributed by atoms with E-state index in [4.69, 9.17) is 22.7 Å². The van der Waals surface area contributed by atoms with E-state index in [0.717, 1.165) is 11.3 Å². The lowest BCUT2D eigenvalue weighted by atomic mass is 9.95. The van der Waals surface area contributed by atoms with Crippen LogP contribution in [0.1, 0.15) is 25.5 Å². The zero-order chi connectivity index (χ0) is 15.6. The van der Waals surface area contributed by atoms with Crippen molar-refractivity contribution >= 4 is 29.0 Å². The summed E-state index contributed by atoms with van der Waals surface area (Å²) in [5, 5.41) is 3.75. The van der Waals surface area contributed by atoms with Crippen molar-refractivity contribution in [1.29, 1.82) is 0 Å². The molecule has 5 nitrogen and oxygen atoms in total. The minimum atomic E-state index is -0.335. The molecule has 112 valence electrons. The molecule has 2 rings (SSSR count). The standard InChI is InChI=1S/C15H19N3O2S/c1-4-20-14(19)12-9(2)18(3)15(21)17-13(12)10-5-7-11(16)8-6-10/h5-8,13H,4,16H2,1-3H3,(H,17,21)/t13-/m1/s1. The van der Waals surface area contributed by atoms with Crippen molar-refractivity contribution in [3.63, 3.8) is 0 Å². The van der Waals surface area contributed by atoms with E-state index in [1.54, 1.807) is 24.0 Å². The van der Waals surface area contributed by atoms with Crippen LogP contribution >= 0.6 is 12.2 Å². The maximum Gasteiger partial charge on any atom is 0.338 e. The van der Waals surface area contributed by atoms with Crippen molar-refractivity contribution in [2.75, 3.05) is 19.4 Å². The summed E-state index contributed by atoms with van der Waals surface area (Å²) >= 11 is 5.32. The first-order valence-electron chi connectivity index (χ1n) is 6.73. The molecule has 21 heavy (non-hydrogen) atoms. The molecule has 1 aromatic rings. The highest BCUT2D eigenvalue weighted by molar-refractivity contribution is 7.80. The SMILES string of the molecule is CCOC(=O)C1=C(C)N(C)C(=S)N[C@@H]1c1ccc(N)cc1. The highest BCUT2D eigenvalue weighted by atomic mass is 32.1. The molecular weight excluding hydrogens is 286 g/mol. The van der Waals surface area contributed by atoms with Crippen LogP contribution < -0.4 is 11.1 Å². The molecule has 1 atom stereocenters. The molecule has 0 fully saturated rings. The number of nitrogens with zero attached hydrogens (tertiary/aromatic N) is 1. The first-order chi connectivity index (χ1) is 9.95. The highest BCUT2D eigenvalue weighted by Crippen LogP contribution is 2.31. The molecule has 1 heterocycles. The fraction of sp³-hybridized carbons (Fsp3) is 0.333. The molecule has 0 bridgehead atoms. The van der Waals surface area contributed by atoms with E-state index >= 15 is 0 Å². The fourth-order valence-electron chi connectivity index (χ4n) is 2.25. The number of nitrogen functional groups attached to an aromatic ring is 1. The number of ether oxygens (including phenoxy) is 1. The third kappa shape index (κ3) is 3.00. The van der Waals surface area contributed by atoms with Crippen molar-refractivity contribution in [2.24, 2.45) is 0 Å². The van der Waals surface area contributed by atoms with Crippen LogP contribution in [0, 0.1) is 0 Å². The number of rotatable bonds is 3. The van der Waals surface area contributed by atoms with Gasteiger partial charge in [0.15, 0.2) is 5.11 Å². The monoisotopic (exact) mass is 305 g/mol. The van der Waals surface area contributed by atoms with Crippen LogP contribution in [0.25, 0.3) is 0 Å². The van der Waals surface area contributed by atoms with Gasteiger partial charge in [-0.05, 0) is 43.8 Å². The third-order valence-corrected chi connectivity index (χ3v) is 3.91. The Morgan fingerprint density at radius 1 is 1.43 bits per heavy atom. The number of carbonyl (C=O) groups is 1. The smallest absolute Gasteiger partial charge is 0.338 e. The predicted molar refractivity (Wildman–Crippen MR) is 86.4 cm³/mol. The third-order valence-electron chi connectivity index (χ3n) is 3.52. The van der Waals surface area contributed by atoms with Crippen LogP contribution in [0.3, 0.4) is 0 Å². The van der Waals surface area contributed by atoms with Crippen LogP contribution in [-0.4, -0.2) is 29.6 Å². The number of anilines is 1. The number of benzene rings is 1. The maximum atomic E-state index is 12.3. The number of nitrogens with two attached hydrogens (primary N) is 1. The maximum absolute atomic E-state index is 12.3. The van der Waals surface area contributed by atoms with Crippen molar-refractivity contribution < 1.29 is 9.53 Å². The molecule has 0 spiro atoms. The van der Waals surface area contributed by atoms with E-state index in [1.165, 1.54) is 0 Å². The van der Waals surface area contributed by atoms with Gasteiger partial charge in [-0.15, -0.1) is 0 Å². The average Bonchev–Trinajstić information content (AvgIpc) is 2.45. The predicted octanol–water partition coefficient (Wildman–Crippen LogP) is 1.97. The minimum absolute atomic E-state index is 0.326. The van der Waals surface area contributed by atoms with Gasteiger partial charge in [0.1, 0.15) is 0 Å². The van der Waals surface area contributed by atoms with E-state index in [0.29, 0.717) is 23.0 Å². The average molecular weight is 305 g/mol. The van der Waals surface area contributed by atoms with Crippen LogP contribution in [0.15, 0.2) is 35.5 Å². The van der Waals surface area contributed by atoms with Gasteiger partial charge in [0.25, 0.3) is 0 Å². The molecule has 0 radical (unpaired) electrons. The van der Waals surface area contributed by atoms with Gasteiger partial charge in [0.05, 0.1) is 18.2 Å². The molecule has 6 heteroatoms. The second kappa shape index (κ2) is 6.13. The first-order valence-corrected chi connectivity index (χ1v) is 7.14. The zero-order valence-electron chi connectivity index (χ0n) is 12.3. The molecule has 0 amide bonds. The Labute approximate surface area is 129 Å². The van der Waals surface area contributed by atoms with Crippen molar-refractivity contribution in [3.05, 3.63) is 41.1 Å². The highest BCUT2D eigenvalue weighted by Gasteiger charge is 2.33. The first kappa shape index (κ1) is 15.3. The zero-order valence-corrected chi connectivity index (χ0v) is 13.2. The number of nitrogens with one attached hydrogen (secondary N) is 1. The van der Waals surface area contributed by atoms with Crippen molar-refractivity contribution in [2.45, 2.75) is 19.9 Å². The summed E-state index contributed by atoms with van der Waals surface area (Å²) in [6, 6.07) is 7.04. The quantitative estimate of drug-likeness (QED) is 0.505. The van der Waals surface area contributed by atoms with Crippen molar-refractivity contribution in [1.82, 2.24) is 10.2 Å². The van der Waals surface area contributed by atoms with Crippen LogP contribution in [0.2, 0.25) is 0 Å². The number of esters is 1. The van der Waals surface area contributed by atoms with Crippen LogP contribution in [0.5, 0.6) is 0 Å². The van der Waals surface area contributed by atoms with E-state index < -0.39 is 0 Å². The Bertz CT molecular complexity index is 595. The molecule has 0 aromatic heterocycles. The van der Waals surface area contributed by atoms with E-state index in [-0.39, 0.29) is 12.0 Å². The van der Waals surface area contributed by atoms with Gasteiger partial charge in [-0.25, -0.2) is 4.79 Å². The Hall–Kier alpha value is -2.08. The summed E-state index contributed by atoms with van der Waals surface area (Å²) in [6.45, 7) is 3.98. The van der Waals surface area contributed by atoms with Gasteiger partial charge in [0, 0.05) is 18.4 Å². The molecule has 1 aliphatic heterocycles. The molecule has 3 N–H and O–H groups in total. The summed E-state index contributed by atoms with van der Waals surface area (Å²) in [6.07, 6.45) is 0. The van der Waals surface area contributed by atoms with E-state index in [9.17, 15) is 4.79 Å². The normalized spacial score (nSPS) is 18.5. The number of allylic oxidation sites excluding steroid dienone is 1. The number of thiocarbonyl (C=S) groups is 1. The molecule has 1 aromatic carbocycles. The molecule has 1 aliphatic rings. The molecule has 0 aliphatic carbocycles. The van der Waals surface area contributed by atoms with Gasteiger partial charge >= 0.3 is 5.97 Å². The number of carbonyl (C=O) groups excluding carboxylic acids is 1. The lowest BCUT2D eigenvalue weighted by Gasteiger charge is -2.35. The van der Waals surface area contributed by atoms with Gasteiger partial charge in [0.2, 0.25) is 0 Å². The Morgan fingerprint density at radius 2 is 2.05 bits per heavy atom. The summed E-state index contributed by atoms with van der Waals surface area (Å²) in [5.41, 5.74) is 8.67. The summed E-state index contributed by atoms with van der Waals surface area (Å²) in [5.74, 6) is -0.335. The van der Waals surface area contributed by atoms with Gasteiger partial charge < -0.3 is 20.7 Å². The van der Waals surface area contributed by atoms with Crippen LogP contribution in [-0.2, 0) is 9.53 Å². The fourth-order valence-corrected chi connectivity index (χ4v) is 2.50. The summed E-state index contributed by atoms with van der Waals surface area (Å²) in [7, 11) is 1.82. The lowest BCUT2D eigenvalue weighted by Crippen LogP contribution is -2.46. The molecule has 0 saturated carbocycles. The number of hydrogen-bond donors (Lipinski definition) is 2. The largest absolute Gasteiger partial charge is 0.463 e. The lowest BCUT2D eigenvalue weighted by molar-refractivity contribution is -0.139. The second-order valence-electron chi connectivity index (χ2n) is 4.83. The topological polar surface area (TPSA) is 67.6 Å². The Kier molecular flexibility index (Phi) is 4.47. The Balaban J connectivity index is 2.48. The molecule has 0 unspecified atom stereocenters. The minimum Gasteiger partial charge on any atom is -0.463 e. The van der Waals surface area contributed by atoms with Crippen molar-refractivity contribution in [3.8, 4) is 0 Å². The van der Waals surface area contributed by atoms with Gasteiger partial charge in [-0.3, -0.25) is 0 Å². The summed E-state index contributed by atoms with van der Waals surface area (Å²) in [4.78, 5) is 14.1. The van der Waals surface area contributed by atoms with E-state index in [1.807, 2.05) is 26.1 Å². The Morgan fingerprint density at radius 3 is 2.62 bits per heavy atom. The molecular formula is C15H19N3O2S. The number of hydrogen-bond acceptors (Lipinski definition) is 4. The summed E-state index contributed by atoms with van der Waals surface area (Å²) < 4.78 is 5.18.